The van der Waals surface area contributed by atoms with E-state index in [4.69, 9.17) is 0 Å². The molecule has 0 aliphatic heterocycles. The predicted octanol–water partition coefficient (Wildman–Crippen LogP) is 4.08. The first-order valence-corrected chi connectivity index (χ1v) is 6.18. The average Bonchev–Trinajstić information content (AvgIpc) is 2.80. The van der Waals surface area contributed by atoms with Crippen molar-refractivity contribution in [3.05, 3.63) is 65.5 Å². The fraction of sp³-hybridized carbons (Fsp3) is 0.250. The van der Waals surface area contributed by atoms with Crippen LogP contribution in [0.5, 0.6) is 0 Å². The molecule has 1 heterocycles. The third-order valence-electron chi connectivity index (χ3n) is 3.79. The highest BCUT2D eigenvalue weighted by atomic mass is 14.9. The van der Waals surface area contributed by atoms with Crippen molar-refractivity contribution >= 4 is 0 Å². The highest BCUT2D eigenvalue weighted by Gasteiger charge is 2.18. The molecule has 2 aromatic rings. The lowest BCUT2D eigenvalue weighted by molar-refractivity contribution is 0.847. The number of hydrogen-bond donors (Lipinski definition) is 0. The average molecular weight is 223 g/mol. The van der Waals surface area contributed by atoms with Gasteiger partial charge in [-0.1, -0.05) is 36.8 Å². The Kier molecular flexibility index (Phi) is 2.40. The molecule has 0 N–H and O–H groups in total. The summed E-state index contributed by atoms with van der Waals surface area (Å²) in [4.78, 5) is 0. The zero-order valence-corrected chi connectivity index (χ0v) is 10.4. The number of benzene rings is 1. The largest absolute Gasteiger partial charge is 0.323 e. The summed E-state index contributed by atoms with van der Waals surface area (Å²) in [5.74, 6) is 0.559. The Labute approximate surface area is 102 Å². The van der Waals surface area contributed by atoms with Gasteiger partial charge in [-0.25, -0.2) is 0 Å². The van der Waals surface area contributed by atoms with E-state index >= 15 is 0 Å². The fourth-order valence-electron chi connectivity index (χ4n) is 2.52. The molecule has 1 atom stereocenters. The van der Waals surface area contributed by atoms with Gasteiger partial charge in [0.05, 0.1) is 0 Å². The lowest BCUT2D eigenvalue weighted by atomic mass is 9.87. The number of allylic oxidation sites excluding steroid dienone is 2. The SMILES string of the molecule is CC1=CCc2cn(-c3ccccc3)cc2C1C. The quantitative estimate of drug-likeness (QED) is 0.642. The van der Waals surface area contributed by atoms with Crippen molar-refractivity contribution in [2.75, 3.05) is 0 Å². The third-order valence-corrected chi connectivity index (χ3v) is 3.79. The summed E-state index contributed by atoms with van der Waals surface area (Å²) in [6, 6.07) is 10.5. The predicted molar refractivity (Wildman–Crippen MR) is 71.6 cm³/mol. The molecule has 0 radical (unpaired) electrons. The van der Waals surface area contributed by atoms with Crippen LogP contribution in [-0.4, -0.2) is 4.57 Å². The van der Waals surface area contributed by atoms with Crippen molar-refractivity contribution in [1.82, 2.24) is 4.57 Å². The van der Waals surface area contributed by atoms with Crippen molar-refractivity contribution in [3.8, 4) is 5.69 Å². The van der Waals surface area contributed by atoms with E-state index in [9.17, 15) is 0 Å². The number of nitrogens with zero attached hydrogens (tertiary/aromatic N) is 1. The van der Waals surface area contributed by atoms with Crippen LogP contribution in [0, 0.1) is 0 Å². The Balaban J connectivity index is 2.05. The van der Waals surface area contributed by atoms with Crippen LogP contribution in [0.2, 0.25) is 0 Å². The van der Waals surface area contributed by atoms with Crippen molar-refractivity contribution in [2.24, 2.45) is 0 Å². The second kappa shape index (κ2) is 3.92. The number of fused-ring (bicyclic) bond motifs is 1. The standard InChI is InChI=1S/C16H17N/c1-12-8-9-14-10-17(11-16(14)13(12)2)15-6-4-3-5-7-15/h3-8,10-11,13H,9H2,1-2H3. The Morgan fingerprint density at radius 2 is 1.88 bits per heavy atom. The summed E-state index contributed by atoms with van der Waals surface area (Å²) in [5.41, 5.74) is 5.68. The van der Waals surface area contributed by atoms with Crippen LogP contribution >= 0.6 is 0 Å². The number of rotatable bonds is 1. The molecule has 0 fully saturated rings. The van der Waals surface area contributed by atoms with Crippen LogP contribution in [0.1, 0.15) is 30.9 Å². The maximum absolute atomic E-state index is 2.35. The van der Waals surface area contributed by atoms with Gasteiger partial charge in [0.25, 0.3) is 0 Å². The molecule has 1 heteroatoms. The van der Waals surface area contributed by atoms with Crippen LogP contribution < -0.4 is 0 Å². The number of aromatic nitrogens is 1. The van der Waals surface area contributed by atoms with Crippen LogP contribution in [0.25, 0.3) is 5.69 Å². The smallest absolute Gasteiger partial charge is 0.0449 e. The summed E-state index contributed by atoms with van der Waals surface area (Å²) >= 11 is 0. The van der Waals surface area contributed by atoms with Gasteiger partial charge >= 0.3 is 0 Å². The van der Waals surface area contributed by atoms with E-state index < -0.39 is 0 Å². The minimum Gasteiger partial charge on any atom is -0.323 e. The van der Waals surface area contributed by atoms with Gasteiger partial charge < -0.3 is 4.57 Å². The Bertz CT molecular complexity index is 560. The second-order valence-corrected chi connectivity index (χ2v) is 4.86. The molecule has 1 nitrogen and oxygen atoms in total. The minimum absolute atomic E-state index is 0.559. The van der Waals surface area contributed by atoms with E-state index in [-0.39, 0.29) is 0 Å². The van der Waals surface area contributed by atoms with Crippen molar-refractivity contribution in [3.63, 3.8) is 0 Å². The summed E-state index contributed by atoms with van der Waals surface area (Å²) in [6.45, 7) is 4.52. The number of para-hydroxylation sites is 1. The van der Waals surface area contributed by atoms with Gasteiger partial charge in [0.15, 0.2) is 0 Å². The van der Waals surface area contributed by atoms with Crippen LogP contribution in [-0.2, 0) is 6.42 Å². The first-order valence-electron chi connectivity index (χ1n) is 6.18. The van der Waals surface area contributed by atoms with E-state index in [0.29, 0.717) is 5.92 Å². The molecule has 0 amide bonds. The molecule has 86 valence electrons. The summed E-state index contributed by atoms with van der Waals surface area (Å²) in [6.07, 6.45) is 7.98. The maximum atomic E-state index is 2.35. The molecule has 1 unspecified atom stereocenters. The van der Waals surface area contributed by atoms with Crippen LogP contribution in [0.4, 0.5) is 0 Å². The summed E-state index contributed by atoms with van der Waals surface area (Å²) in [5, 5.41) is 0. The van der Waals surface area contributed by atoms with Crippen LogP contribution in [0.15, 0.2) is 54.4 Å². The molecule has 0 spiro atoms. The van der Waals surface area contributed by atoms with E-state index in [1.54, 1.807) is 0 Å². The molecule has 1 aromatic carbocycles. The molecule has 1 aliphatic carbocycles. The molecule has 1 aromatic heterocycles. The normalized spacial score (nSPS) is 18.7. The molecule has 1 aliphatic rings. The molecular weight excluding hydrogens is 206 g/mol. The van der Waals surface area contributed by atoms with Crippen molar-refractivity contribution in [2.45, 2.75) is 26.2 Å². The zero-order chi connectivity index (χ0) is 11.8. The second-order valence-electron chi connectivity index (χ2n) is 4.86. The summed E-state index contributed by atoms with van der Waals surface area (Å²) in [7, 11) is 0. The molecule has 17 heavy (non-hydrogen) atoms. The molecule has 0 saturated carbocycles. The monoisotopic (exact) mass is 223 g/mol. The number of hydrogen-bond acceptors (Lipinski definition) is 0. The Morgan fingerprint density at radius 3 is 2.65 bits per heavy atom. The zero-order valence-electron chi connectivity index (χ0n) is 10.4. The lowest BCUT2D eigenvalue weighted by Crippen LogP contribution is -2.02. The van der Waals surface area contributed by atoms with Gasteiger partial charge in [0, 0.05) is 24.0 Å². The van der Waals surface area contributed by atoms with Crippen molar-refractivity contribution in [1.29, 1.82) is 0 Å². The van der Waals surface area contributed by atoms with Crippen LogP contribution in [0.3, 0.4) is 0 Å². The lowest BCUT2D eigenvalue weighted by Gasteiger charge is -2.17. The van der Waals surface area contributed by atoms with Crippen molar-refractivity contribution < 1.29 is 0 Å². The van der Waals surface area contributed by atoms with E-state index in [2.05, 4.69) is 67.2 Å². The maximum Gasteiger partial charge on any atom is 0.0449 e. The highest BCUT2D eigenvalue weighted by molar-refractivity contribution is 5.43. The third kappa shape index (κ3) is 1.72. The Hall–Kier alpha value is -1.76. The van der Waals surface area contributed by atoms with Gasteiger partial charge in [-0.3, -0.25) is 0 Å². The highest BCUT2D eigenvalue weighted by Crippen LogP contribution is 2.33. The van der Waals surface area contributed by atoms with Gasteiger partial charge in [-0.05, 0) is 36.6 Å². The van der Waals surface area contributed by atoms with E-state index in [1.807, 2.05) is 0 Å². The van der Waals surface area contributed by atoms with Gasteiger partial charge in [-0.2, -0.15) is 0 Å². The van der Waals surface area contributed by atoms with E-state index in [0.717, 1.165) is 6.42 Å². The Morgan fingerprint density at radius 1 is 1.12 bits per heavy atom. The van der Waals surface area contributed by atoms with Gasteiger partial charge in [0.1, 0.15) is 0 Å². The summed E-state index contributed by atoms with van der Waals surface area (Å²) < 4.78 is 2.24. The van der Waals surface area contributed by atoms with Gasteiger partial charge in [0.2, 0.25) is 0 Å². The first kappa shape index (κ1) is 10.4. The molecule has 0 bridgehead atoms. The minimum atomic E-state index is 0.559. The first-order chi connectivity index (χ1) is 8.25. The fourth-order valence-corrected chi connectivity index (χ4v) is 2.52. The van der Waals surface area contributed by atoms with Gasteiger partial charge in [-0.15, -0.1) is 0 Å². The topological polar surface area (TPSA) is 4.93 Å². The molecule has 3 rings (SSSR count). The molecule has 0 saturated heterocycles. The van der Waals surface area contributed by atoms with E-state index in [1.165, 1.54) is 22.4 Å². The molecular formula is C16H17N.